The SMILES string of the molecule is NC(=O)CO/N=S1/C=C(CC(=O)O)N=C1N. The van der Waals surface area contributed by atoms with Crippen molar-refractivity contribution < 1.29 is 19.5 Å². The number of hydrogen-bond acceptors (Lipinski definition) is 6. The summed E-state index contributed by atoms with van der Waals surface area (Å²) in [5.74, 6) is -1.66. The van der Waals surface area contributed by atoms with Crippen molar-refractivity contribution in [2.45, 2.75) is 6.42 Å². The number of carboxylic acids is 1. The summed E-state index contributed by atoms with van der Waals surface area (Å²) in [5, 5.41) is 10.2. The highest BCUT2D eigenvalue weighted by Gasteiger charge is 2.14. The average Bonchev–Trinajstić information content (AvgIpc) is 2.45. The molecular weight excluding hydrogens is 236 g/mol. The normalized spacial score (nSPS) is 19.4. The molecule has 8 nitrogen and oxygen atoms in total. The standard InChI is InChI=1S/C7H10N4O4S/c8-5(12)2-15-11-16-3-4(1-6(13)14)10-7(16)9/h3H,1-2H2,(H2,8,12)(H2,9,10)(H,13,14). The topological polar surface area (TPSA) is 140 Å². The quantitative estimate of drug-likeness (QED) is 0.525. The highest BCUT2D eigenvalue weighted by atomic mass is 32.2. The van der Waals surface area contributed by atoms with Gasteiger partial charge in [-0.05, 0) is 0 Å². The lowest BCUT2D eigenvalue weighted by atomic mass is 10.3. The molecule has 0 fully saturated rings. The van der Waals surface area contributed by atoms with Crippen LogP contribution in [0, 0.1) is 0 Å². The summed E-state index contributed by atoms with van der Waals surface area (Å²) in [4.78, 5) is 29.2. The third-order valence-electron chi connectivity index (χ3n) is 1.39. The number of amidine groups is 1. The van der Waals surface area contributed by atoms with E-state index in [0.29, 0.717) is 5.70 Å². The van der Waals surface area contributed by atoms with Crippen LogP contribution in [0.1, 0.15) is 6.42 Å². The maximum Gasteiger partial charge on any atom is 0.309 e. The van der Waals surface area contributed by atoms with E-state index < -0.39 is 22.6 Å². The Bertz CT molecular complexity index is 415. The van der Waals surface area contributed by atoms with E-state index >= 15 is 0 Å². The Hall–Kier alpha value is -1.74. The fraction of sp³-hybridized carbons (Fsp3) is 0.286. The molecule has 9 heteroatoms. The molecule has 0 spiro atoms. The van der Waals surface area contributed by atoms with Gasteiger partial charge in [-0.1, -0.05) is 4.53 Å². The largest absolute Gasteiger partial charge is 0.481 e. The van der Waals surface area contributed by atoms with Crippen LogP contribution in [0.15, 0.2) is 20.6 Å². The van der Waals surface area contributed by atoms with Crippen molar-refractivity contribution in [1.82, 2.24) is 0 Å². The van der Waals surface area contributed by atoms with E-state index in [1.165, 1.54) is 5.41 Å². The summed E-state index contributed by atoms with van der Waals surface area (Å²) >= 11 is 0. The predicted octanol–water partition coefficient (Wildman–Crippen LogP) is -1.15. The first-order valence-corrected chi connectivity index (χ1v) is 5.34. The third kappa shape index (κ3) is 3.79. The fourth-order valence-corrected chi connectivity index (χ4v) is 1.86. The molecule has 16 heavy (non-hydrogen) atoms. The molecule has 0 saturated carbocycles. The minimum atomic E-state index is -1.01. The van der Waals surface area contributed by atoms with Gasteiger partial charge < -0.3 is 16.6 Å². The highest BCUT2D eigenvalue weighted by Crippen LogP contribution is 2.14. The molecule has 5 N–H and O–H groups in total. The van der Waals surface area contributed by atoms with Crippen molar-refractivity contribution in [2.24, 2.45) is 21.0 Å². The number of hydrogen-bond donors (Lipinski definition) is 3. The zero-order valence-corrected chi connectivity index (χ0v) is 8.94. The Morgan fingerprint density at radius 2 is 2.31 bits per heavy atom. The first-order valence-electron chi connectivity index (χ1n) is 4.10. The number of carbonyl (C=O) groups excluding carboxylic acids is 1. The Morgan fingerprint density at radius 1 is 1.62 bits per heavy atom. The average molecular weight is 246 g/mol. The number of nitrogens with two attached hydrogens (primary N) is 2. The van der Waals surface area contributed by atoms with Gasteiger partial charge >= 0.3 is 5.97 Å². The van der Waals surface area contributed by atoms with Crippen LogP contribution in [0.2, 0.25) is 0 Å². The summed E-state index contributed by atoms with van der Waals surface area (Å²) < 4.78 is 3.60. The van der Waals surface area contributed by atoms with E-state index in [9.17, 15) is 9.59 Å². The van der Waals surface area contributed by atoms with E-state index in [4.69, 9.17) is 16.6 Å². The lowest BCUT2D eigenvalue weighted by Gasteiger charge is -1.95. The van der Waals surface area contributed by atoms with Gasteiger partial charge in [-0.2, -0.15) is 0 Å². The van der Waals surface area contributed by atoms with Crippen molar-refractivity contribution in [1.29, 1.82) is 0 Å². The molecule has 1 amide bonds. The van der Waals surface area contributed by atoms with Crippen LogP contribution in [0.25, 0.3) is 0 Å². The lowest BCUT2D eigenvalue weighted by molar-refractivity contribution is -0.136. The Labute approximate surface area is 93.0 Å². The molecule has 1 aliphatic rings. The van der Waals surface area contributed by atoms with Crippen LogP contribution in [-0.4, -0.2) is 28.8 Å². The first-order chi connectivity index (χ1) is 7.49. The van der Waals surface area contributed by atoms with Gasteiger partial charge in [0.15, 0.2) is 11.8 Å². The number of primary amides is 1. The molecule has 1 heterocycles. The van der Waals surface area contributed by atoms with E-state index in [-0.39, 0.29) is 18.2 Å². The molecule has 1 aliphatic heterocycles. The molecular formula is C7H10N4O4S. The minimum Gasteiger partial charge on any atom is -0.481 e. The van der Waals surface area contributed by atoms with Gasteiger partial charge in [-0.15, -0.1) is 0 Å². The summed E-state index contributed by atoms with van der Waals surface area (Å²) in [7, 11) is -0.938. The summed E-state index contributed by atoms with van der Waals surface area (Å²) in [6.07, 6.45) is -0.227. The lowest BCUT2D eigenvalue weighted by Crippen LogP contribution is -2.18. The Kier molecular flexibility index (Phi) is 4.14. The van der Waals surface area contributed by atoms with Gasteiger partial charge in [-0.3, -0.25) is 9.59 Å². The van der Waals surface area contributed by atoms with Gasteiger partial charge in [0.25, 0.3) is 0 Å². The first kappa shape index (κ1) is 12.3. The predicted molar refractivity (Wildman–Crippen MR) is 56.9 cm³/mol. The van der Waals surface area contributed by atoms with E-state index in [2.05, 4.69) is 14.4 Å². The summed E-state index contributed by atoms with van der Waals surface area (Å²) in [6, 6.07) is 0. The Morgan fingerprint density at radius 3 is 2.88 bits per heavy atom. The minimum absolute atomic E-state index is 0.153. The van der Waals surface area contributed by atoms with Crippen molar-refractivity contribution in [3.63, 3.8) is 0 Å². The molecule has 0 aromatic rings. The highest BCUT2D eigenvalue weighted by molar-refractivity contribution is 8.05. The van der Waals surface area contributed by atoms with Gasteiger partial charge in [-0.25, -0.2) is 9.83 Å². The smallest absolute Gasteiger partial charge is 0.309 e. The monoisotopic (exact) mass is 246 g/mol. The molecule has 0 aliphatic carbocycles. The second-order valence-corrected chi connectivity index (χ2v) is 4.19. The second-order valence-electron chi connectivity index (χ2n) is 2.76. The summed E-state index contributed by atoms with van der Waals surface area (Å²) in [5.41, 5.74) is 10.6. The number of amides is 1. The molecule has 0 aromatic heterocycles. The van der Waals surface area contributed by atoms with Crippen molar-refractivity contribution in [3.05, 3.63) is 11.1 Å². The molecule has 1 unspecified atom stereocenters. The van der Waals surface area contributed by atoms with E-state index in [0.717, 1.165) is 0 Å². The van der Waals surface area contributed by atoms with Gasteiger partial charge in [0.2, 0.25) is 5.91 Å². The number of aliphatic carboxylic acids is 1. The number of rotatable bonds is 5. The van der Waals surface area contributed by atoms with Crippen molar-refractivity contribution in [2.75, 3.05) is 6.61 Å². The number of carbonyl (C=O) groups is 2. The molecule has 88 valence electrons. The van der Waals surface area contributed by atoms with Gasteiger partial charge in [0, 0.05) is 16.1 Å². The number of aliphatic imine (C=N–C) groups is 1. The Balaban J connectivity index is 2.63. The van der Waals surface area contributed by atoms with E-state index in [1.54, 1.807) is 0 Å². The fourth-order valence-electron chi connectivity index (χ4n) is 0.846. The second kappa shape index (κ2) is 5.37. The van der Waals surface area contributed by atoms with Crippen molar-refractivity contribution >= 4 is 27.7 Å². The molecule has 0 bridgehead atoms. The van der Waals surface area contributed by atoms with Crippen LogP contribution >= 0.6 is 0 Å². The summed E-state index contributed by atoms with van der Waals surface area (Å²) in [6.45, 7) is -0.348. The zero-order valence-electron chi connectivity index (χ0n) is 8.12. The van der Waals surface area contributed by atoms with Crippen molar-refractivity contribution in [3.8, 4) is 0 Å². The number of nitrogens with zero attached hydrogens (tertiary/aromatic N) is 2. The van der Waals surface area contributed by atoms with Crippen LogP contribution in [-0.2, 0) is 25.1 Å². The zero-order chi connectivity index (χ0) is 12.1. The van der Waals surface area contributed by atoms with Crippen LogP contribution in [0.4, 0.5) is 0 Å². The molecule has 1 atom stereocenters. The molecule has 0 radical (unpaired) electrons. The van der Waals surface area contributed by atoms with E-state index in [1.807, 2.05) is 0 Å². The van der Waals surface area contributed by atoms with Gasteiger partial charge in [0.1, 0.15) is 0 Å². The van der Waals surface area contributed by atoms with Crippen LogP contribution in [0.3, 0.4) is 0 Å². The van der Waals surface area contributed by atoms with Crippen LogP contribution in [0.5, 0.6) is 0 Å². The molecule has 0 aromatic carbocycles. The number of carboxylic acid groups (broad SMARTS) is 1. The molecule has 0 saturated heterocycles. The third-order valence-corrected chi connectivity index (χ3v) is 2.67. The maximum atomic E-state index is 10.4. The maximum absolute atomic E-state index is 10.4. The molecule has 1 rings (SSSR count). The van der Waals surface area contributed by atoms with Crippen LogP contribution < -0.4 is 11.5 Å². The van der Waals surface area contributed by atoms with Gasteiger partial charge in [0.05, 0.1) is 12.1 Å².